The third-order valence-corrected chi connectivity index (χ3v) is 4.02. The highest BCUT2D eigenvalue weighted by atomic mass is 32.1. The molecule has 0 aliphatic rings. The minimum absolute atomic E-state index is 0.0649. The van der Waals surface area contributed by atoms with Crippen molar-refractivity contribution in [1.29, 1.82) is 0 Å². The minimum atomic E-state index is -1.36. The second-order valence-electron chi connectivity index (χ2n) is 5.92. The first-order valence-corrected chi connectivity index (χ1v) is 9.00. The Morgan fingerprint density at radius 1 is 1.10 bits per heavy atom. The number of carboxylic acid groups (broad SMARTS) is 1. The van der Waals surface area contributed by atoms with Crippen LogP contribution in [0.2, 0.25) is 0 Å². The molecule has 0 saturated heterocycles. The Morgan fingerprint density at radius 3 is 2.21 bits per heavy atom. The van der Waals surface area contributed by atoms with Gasteiger partial charge in [0.1, 0.15) is 18.1 Å². The van der Waals surface area contributed by atoms with Gasteiger partial charge in [-0.25, -0.2) is 9.78 Å². The van der Waals surface area contributed by atoms with Crippen LogP contribution in [0.1, 0.15) is 12.1 Å². The van der Waals surface area contributed by atoms with E-state index in [1.807, 2.05) is 0 Å². The lowest BCUT2D eigenvalue weighted by Gasteiger charge is -2.23. The van der Waals surface area contributed by atoms with E-state index in [9.17, 15) is 24.0 Å². The van der Waals surface area contributed by atoms with Gasteiger partial charge in [0.2, 0.25) is 23.6 Å². The number of hydrogen-bond acceptors (Lipinski definition) is 8. The second kappa shape index (κ2) is 11.7. The van der Waals surface area contributed by atoms with Crippen LogP contribution in [0.3, 0.4) is 0 Å². The lowest BCUT2D eigenvalue weighted by molar-refractivity contribution is -0.141. The van der Waals surface area contributed by atoms with E-state index < -0.39 is 60.7 Å². The molecule has 0 aliphatic heterocycles. The van der Waals surface area contributed by atoms with Crippen molar-refractivity contribution in [2.45, 2.75) is 31.0 Å². The van der Waals surface area contributed by atoms with Gasteiger partial charge in [0, 0.05) is 24.1 Å². The summed E-state index contributed by atoms with van der Waals surface area (Å²) in [7, 11) is 0. The zero-order valence-corrected chi connectivity index (χ0v) is 16.1. The molecule has 9 N–H and O–H groups in total. The monoisotopic (exact) mass is 429 g/mol. The number of H-pyrrole nitrogens is 1. The van der Waals surface area contributed by atoms with Crippen LogP contribution in [0, 0.1) is 0 Å². The van der Waals surface area contributed by atoms with Gasteiger partial charge in [0.25, 0.3) is 0 Å². The van der Waals surface area contributed by atoms with Gasteiger partial charge in [-0.05, 0) is 0 Å². The molecule has 1 aromatic rings. The van der Waals surface area contributed by atoms with Crippen molar-refractivity contribution < 1.29 is 29.1 Å². The van der Waals surface area contributed by atoms with Crippen LogP contribution in [-0.4, -0.2) is 75.1 Å². The Bertz CT molecular complexity index is 742. The van der Waals surface area contributed by atoms with Gasteiger partial charge in [0.05, 0.1) is 19.3 Å². The first kappa shape index (κ1) is 23.9. The van der Waals surface area contributed by atoms with Crippen molar-refractivity contribution in [2.24, 2.45) is 11.5 Å². The molecule has 13 nitrogen and oxygen atoms in total. The van der Waals surface area contributed by atoms with Gasteiger partial charge in [-0.1, -0.05) is 0 Å². The number of primary amides is 1. The lowest BCUT2D eigenvalue weighted by Crippen LogP contribution is -2.57. The number of amides is 4. The molecule has 4 amide bonds. The largest absolute Gasteiger partial charge is 0.480 e. The number of aromatic amines is 1. The van der Waals surface area contributed by atoms with E-state index in [1.165, 1.54) is 12.5 Å². The van der Waals surface area contributed by atoms with Crippen molar-refractivity contribution in [2.75, 3.05) is 12.3 Å². The molecule has 0 radical (unpaired) electrons. The van der Waals surface area contributed by atoms with Crippen LogP contribution < -0.4 is 27.4 Å². The number of carboxylic acids is 1. The summed E-state index contributed by atoms with van der Waals surface area (Å²) in [5, 5.41) is 15.9. The molecular weight excluding hydrogens is 406 g/mol. The number of hydrogen-bond donors (Lipinski definition) is 8. The topological polar surface area (TPSA) is 222 Å². The quantitative estimate of drug-likeness (QED) is 0.154. The molecule has 29 heavy (non-hydrogen) atoms. The second-order valence-corrected chi connectivity index (χ2v) is 6.28. The highest BCUT2D eigenvalue weighted by molar-refractivity contribution is 7.80. The van der Waals surface area contributed by atoms with Crippen LogP contribution in [0.5, 0.6) is 0 Å². The molecule has 0 bridgehead atoms. The van der Waals surface area contributed by atoms with Crippen molar-refractivity contribution in [3.05, 3.63) is 18.2 Å². The normalized spacial score (nSPS) is 13.6. The van der Waals surface area contributed by atoms with Crippen LogP contribution in [0.15, 0.2) is 12.5 Å². The van der Waals surface area contributed by atoms with Crippen LogP contribution >= 0.6 is 12.6 Å². The van der Waals surface area contributed by atoms with Crippen LogP contribution in [0.4, 0.5) is 0 Å². The smallest absolute Gasteiger partial charge is 0.327 e. The summed E-state index contributed by atoms with van der Waals surface area (Å²) in [6.07, 6.45) is 2.18. The molecule has 1 aromatic heterocycles. The number of nitrogens with zero attached hydrogens (tertiary/aromatic N) is 1. The van der Waals surface area contributed by atoms with E-state index >= 15 is 0 Å². The average Bonchev–Trinajstić information content (AvgIpc) is 3.16. The fraction of sp³-hybridized carbons (Fsp3) is 0.467. The maximum atomic E-state index is 12.6. The molecule has 0 spiro atoms. The van der Waals surface area contributed by atoms with Gasteiger partial charge >= 0.3 is 5.97 Å². The number of carbonyl (C=O) groups excluding carboxylic acids is 4. The predicted octanol–water partition coefficient (Wildman–Crippen LogP) is -3.74. The predicted molar refractivity (Wildman–Crippen MR) is 102 cm³/mol. The SMILES string of the molecule is NCC(=O)NC(CC(N)=O)C(=O)NC(Cc1cnc[nH]1)C(=O)NC(CS)C(=O)O. The van der Waals surface area contributed by atoms with Crippen molar-refractivity contribution in [3.63, 3.8) is 0 Å². The fourth-order valence-corrected chi connectivity index (χ4v) is 2.47. The number of nitrogens with one attached hydrogen (secondary N) is 4. The molecule has 14 heteroatoms. The molecule has 0 saturated carbocycles. The molecule has 1 rings (SSSR count). The average molecular weight is 429 g/mol. The highest BCUT2D eigenvalue weighted by Gasteiger charge is 2.30. The first-order chi connectivity index (χ1) is 13.7. The number of nitrogens with two attached hydrogens (primary N) is 2. The molecule has 0 aliphatic carbocycles. The molecule has 0 fully saturated rings. The third kappa shape index (κ3) is 8.18. The Morgan fingerprint density at radius 2 is 1.72 bits per heavy atom. The van der Waals surface area contributed by atoms with E-state index in [4.69, 9.17) is 16.6 Å². The number of carbonyl (C=O) groups is 5. The lowest BCUT2D eigenvalue weighted by atomic mass is 10.1. The maximum absolute atomic E-state index is 12.6. The van der Waals surface area contributed by atoms with Crippen LogP contribution in [0.25, 0.3) is 0 Å². The molecule has 0 aromatic carbocycles. The number of thiol groups is 1. The molecular formula is C15H23N7O6S. The highest BCUT2D eigenvalue weighted by Crippen LogP contribution is 2.02. The maximum Gasteiger partial charge on any atom is 0.327 e. The Labute approximate surface area is 170 Å². The van der Waals surface area contributed by atoms with E-state index in [2.05, 4.69) is 38.5 Å². The van der Waals surface area contributed by atoms with Crippen molar-refractivity contribution >= 4 is 42.2 Å². The summed E-state index contributed by atoms with van der Waals surface area (Å²) in [5.74, 6) is -4.73. The number of imidazole rings is 1. The van der Waals surface area contributed by atoms with Gasteiger partial charge in [0.15, 0.2) is 0 Å². The zero-order valence-electron chi connectivity index (χ0n) is 15.3. The van der Waals surface area contributed by atoms with E-state index in [0.29, 0.717) is 5.69 Å². The number of aliphatic carboxylic acids is 1. The fourth-order valence-electron chi connectivity index (χ4n) is 2.22. The molecule has 1 heterocycles. The Balaban J connectivity index is 2.99. The first-order valence-electron chi connectivity index (χ1n) is 8.37. The van der Waals surface area contributed by atoms with Gasteiger partial charge in [-0.3, -0.25) is 19.2 Å². The Kier molecular flexibility index (Phi) is 9.61. The summed E-state index contributed by atoms with van der Waals surface area (Å²) in [5.41, 5.74) is 10.8. The van der Waals surface area contributed by atoms with Gasteiger partial charge in [-0.2, -0.15) is 12.6 Å². The van der Waals surface area contributed by atoms with E-state index in [-0.39, 0.29) is 12.2 Å². The summed E-state index contributed by atoms with van der Waals surface area (Å²) in [4.78, 5) is 65.5. The minimum Gasteiger partial charge on any atom is -0.480 e. The third-order valence-electron chi connectivity index (χ3n) is 3.65. The zero-order chi connectivity index (χ0) is 22.0. The molecule has 160 valence electrons. The summed E-state index contributed by atoms with van der Waals surface area (Å²) in [6, 6.07) is -3.89. The van der Waals surface area contributed by atoms with Crippen molar-refractivity contribution in [1.82, 2.24) is 25.9 Å². The number of aromatic nitrogens is 2. The summed E-state index contributed by atoms with van der Waals surface area (Å²) >= 11 is 3.87. The Hall–Kier alpha value is -3.13. The van der Waals surface area contributed by atoms with Gasteiger partial charge in [-0.15, -0.1) is 0 Å². The van der Waals surface area contributed by atoms with E-state index in [1.54, 1.807) is 0 Å². The summed E-state index contributed by atoms with van der Waals surface area (Å²) < 4.78 is 0. The summed E-state index contributed by atoms with van der Waals surface area (Å²) in [6.45, 7) is -0.428. The molecule has 3 unspecified atom stereocenters. The standard InChI is InChI=1S/C15H23N7O6S/c16-3-12(24)20-9(2-11(17)23)14(26)21-8(1-7-4-18-6-19-7)13(25)22-10(5-29)15(27)28/h4,6,8-10,29H,1-3,5,16H2,(H2,17,23)(H,18,19)(H,20,24)(H,21,26)(H,22,25)(H,27,28). The molecule has 3 atom stereocenters. The van der Waals surface area contributed by atoms with Crippen LogP contribution in [-0.2, 0) is 30.4 Å². The number of rotatable bonds is 12. The van der Waals surface area contributed by atoms with E-state index in [0.717, 1.165) is 0 Å². The van der Waals surface area contributed by atoms with Gasteiger partial charge < -0.3 is 37.5 Å². The van der Waals surface area contributed by atoms with Crippen molar-refractivity contribution in [3.8, 4) is 0 Å².